The lowest BCUT2D eigenvalue weighted by Gasteiger charge is -2.08. The van der Waals surface area contributed by atoms with Crippen molar-refractivity contribution < 1.29 is 4.92 Å². The normalized spacial score (nSPS) is 10.2. The molecule has 0 heterocycles. The molecule has 2 aromatic carbocycles. The van der Waals surface area contributed by atoms with Crippen LogP contribution >= 0.6 is 11.8 Å². The SMILES string of the molecule is N=C(N)c1ccccc1CSc1ccccc1[N+](=O)[O-]. The molecular formula is C14H13N3O2S. The van der Waals surface area contributed by atoms with Crippen molar-refractivity contribution in [3.8, 4) is 0 Å². The standard InChI is InChI=1S/C14H13N3O2S/c15-14(16)11-6-2-1-5-10(11)9-20-13-8-4-3-7-12(13)17(18)19/h1-8H,9H2,(H3,15,16). The van der Waals surface area contributed by atoms with Crippen molar-refractivity contribution in [3.05, 3.63) is 69.8 Å². The van der Waals surface area contributed by atoms with Crippen LogP contribution in [0.2, 0.25) is 0 Å². The fourth-order valence-electron chi connectivity index (χ4n) is 1.79. The molecule has 102 valence electrons. The molecule has 0 aromatic heterocycles. The van der Waals surface area contributed by atoms with Gasteiger partial charge in [0.05, 0.1) is 9.82 Å². The van der Waals surface area contributed by atoms with Crippen LogP contribution in [0.1, 0.15) is 11.1 Å². The maximum atomic E-state index is 10.9. The van der Waals surface area contributed by atoms with Crippen molar-refractivity contribution in [3.63, 3.8) is 0 Å². The first kappa shape index (κ1) is 14.1. The number of benzene rings is 2. The molecule has 0 amide bonds. The van der Waals surface area contributed by atoms with E-state index in [1.807, 2.05) is 18.2 Å². The van der Waals surface area contributed by atoms with E-state index in [1.165, 1.54) is 17.8 Å². The monoisotopic (exact) mass is 287 g/mol. The minimum absolute atomic E-state index is 0.00348. The molecule has 0 spiro atoms. The second kappa shape index (κ2) is 6.21. The molecule has 6 heteroatoms. The van der Waals surface area contributed by atoms with Crippen molar-refractivity contribution in [2.45, 2.75) is 10.6 Å². The molecule has 0 unspecified atom stereocenters. The van der Waals surface area contributed by atoms with Crippen molar-refractivity contribution in [2.75, 3.05) is 0 Å². The first-order chi connectivity index (χ1) is 9.59. The summed E-state index contributed by atoms with van der Waals surface area (Å²) in [4.78, 5) is 11.2. The van der Waals surface area contributed by atoms with Gasteiger partial charge >= 0.3 is 0 Å². The quantitative estimate of drug-likeness (QED) is 0.290. The van der Waals surface area contributed by atoms with Crippen molar-refractivity contribution in [1.29, 1.82) is 5.41 Å². The van der Waals surface area contributed by atoms with Gasteiger partial charge in [0.2, 0.25) is 0 Å². The van der Waals surface area contributed by atoms with Crippen molar-refractivity contribution >= 4 is 23.3 Å². The summed E-state index contributed by atoms with van der Waals surface area (Å²) < 4.78 is 0. The summed E-state index contributed by atoms with van der Waals surface area (Å²) in [5.74, 6) is 0.532. The van der Waals surface area contributed by atoms with Crippen LogP contribution in [0.5, 0.6) is 0 Å². The molecule has 0 aliphatic carbocycles. The van der Waals surface area contributed by atoms with Crippen LogP contribution in [0.25, 0.3) is 0 Å². The van der Waals surface area contributed by atoms with E-state index >= 15 is 0 Å². The third-order valence-electron chi connectivity index (χ3n) is 2.75. The Morgan fingerprint density at radius 3 is 2.55 bits per heavy atom. The summed E-state index contributed by atoms with van der Waals surface area (Å²) in [5, 5.41) is 18.5. The number of hydrogen-bond donors (Lipinski definition) is 2. The molecule has 5 nitrogen and oxygen atoms in total. The third-order valence-corrected chi connectivity index (χ3v) is 3.86. The van der Waals surface area contributed by atoms with Gasteiger partial charge in [-0.3, -0.25) is 15.5 Å². The highest BCUT2D eigenvalue weighted by Crippen LogP contribution is 2.31. The molecule has 2 rings (SSSR count). The van der Waals surface area contributed by atoms with E-state index in [-0.39, 0.29) is 16.4 Å². The van der Waals surface area contributed by atoms with Crippen LogP contribution < -0.4 is 5.73 Å². The highest BCUT2D eigenvalue weighted by Gasteiger charge is 2.13. The highest BCUT2D eigenvalue weighted by atomic mass is 32.2. The zero-order valence-electron chi connectivity index (χ0n) is 10.6. The molecule has 0 aliphatic rings. The van der Waals surface area contributed by atoms with E-state index in [9.17, 15) is 10.1 Å². The zero-order chi connectivity index (χ0) is 14.5. The molecule has 0 saturated carbocycles. The van der Waals surface area contributed by atoms with Crippen LogP contribution in [-0.4, -0.2) is 10.8 Å². The number of amidine groups is 1. The van der Waals surface area contributed by atoms with Crippen LogP contribution in [0.4, 0.5) is 5.69 Å². The summed E-state index contributed by atoms with van der Waals surface area (Å²) in [7, 11) is 0. The molecule has 0 atom stereocenters. The Hall–Kier alpha value is -2.34. The third kappa shape index (κ3) is 3.16. The first-order valence-electron chi connectivity index (χ1n) is 5.88. The molecule has 0 bridgehead atoms. The number of nitrogens with two attached hydrogens (primary N) is 1. The maximum Gasteiger partial charge on any atom is 0.282 e. The number of nitro benzene ring substituents is 1. The van der Waals surface area contributed by atoms with Gasteiger partial charge in [-0.1, -0.05) is 36.4 Å². The highest BCUT2D eigenvalue weighted by molar-refractivity contribution is 7.98. The summed E-state index contributed by atoms with van der Waals surface area (Å²) in [6, 6.07) is 13.9. The molecule has 20 heavy (non-hydrogen) atoms. The minimum atomic E-state index is -0.390. The summed E-state index contributed by atoms with van der Waals surface area (Å²) in [6.45, 7) is 0. The summed E-state index contributed by atoms with van der Waals surface area (Å²) in [5.41, 5.74) is 7.18. The Morgan fingerprint density at radius 2 is 1.85 bits per heavy atom. The van der Waals surface area contributed by atoms with E-state index in [1.54, 1.807) is 24.3 Å². The van der Waals surface area contributed by atoms with Gasteiger partial charge in [0.25, 0.3) is 5.69 Å². The Morgan fingerprint density at radius 1 is 1.20 bits per heavy atom. The largest absolute Gasteiger partial charge is 0.384 e. The molecule has 3 N–H and O–H groups in total. The predicted octanol–water partition coefficient (Wildman–Crippen LogP) is 3.17. The fourth-order valence-corrected chi connectivity index (χ4v) is 2.82. The predicted molar refractivity (Wildman–Crippen MR) is 80.1 cm³/mol. The topological polar surface area (TPSA) is 93.0 Å². The fraction of sp³-hybridized carbons (Fsp3) is 0.0714. The lowest BCUT2D eigenvalue weighted by Crippen LogP contribution is -2.13. The van der Waals surface area contributed by atoms with E-state index < -0.39 is 0 Å². The summed E-state index contributed by atoms with van der Waals surface area (Å²) >= 11 is 1.37. The van der Waals surface area contributed by atoms with E-state index in [4.69, 9.17) is 11.1 Å². The smallest absolute Gasteiger partial charge is 0.282 e. The number of nitrogen functional groups attached to an aromatic ring is 1. The number of thioether (sulfide) groups is 1. The van der Waals surface area contributed by atoms with Gasteiger partial charge in [-0.25, -0.2) is 0 Å². The molecule has 0 fully saturated rings. The van der Waals surface area contributed by atoms with Gasteiger partial charge < -0.3 is 5.73 Å². The van der Waals surface area contributed by atoms with Gasteiger partial charge in [-0.15, -0.1) is 11.8 Å². The van der Waals surface area contributed by atoms with Gasteiger partial charge in [0, 0.05) is 17.4 Å². The number of nitrogens with one attached hydrogen (secondary N) is 1. The summed E-state index contributed by atoms with van der Waals surface area (Å²) in [6.07, 6.45) is 0. The number of nitro groups is 1. The number of nitrogens with zero attached hydrogens (tertiary/aromatic N) is 1. The molecule has 0 saturated heterocycles. The molecular weight excluding hydrogens is 274 g/mol. The molecule has 0 aliphatic heterocycles. The number of para-hydroxylation sites is 1. The van der Waals surface area contributed by atoms with E-state index in [2.05, 4.69) is 0 Å². The maximum absolute atomic E-state index is 10.9. The van der Waals surface area contributed by atoms with Crippen molar-refractivity contribution in [1.82, 2.24) is 0 Å². The van der Waals surface area contributed by atoms with Crippen LogP contribution in [-0.2, 0) is 5.75 Å². The number of rotatable bonds is 5. The number of hydrogen-bond acceptors (Lipinski definition) is 4. The Kier molecular flexibility index (Phi) is 4.37. The van der Waals surface area contributed by atoms with E-state index in [0.29, 0.717) is 16.2 Å². The Bertz CT molecular complexity index is 601. The second-order valence-electron chi connectivity index (χ2n) is 4.08. The van der Waals surface area contributed by atoms with Crippen LogP contribution in [0.15, 0.2) is 53.4 Å². The first-order valence-corrected chi connectivity index (χ1v) is 6.86. The molecule has 0 radical (unpaired) electrons. The minimum Gasteiger partial charge on any atom is -0.384 e. The second-order valence-corrected chi connectivity index (χ2v) is 5.10. The molecule has 2 aromatic rings. The Labute approximate surface area is 120 Å². The van der Waals surface area contributed by atoms with Crippen LogP contribution in [0, 0.1) is 15.5 Å². The average molecular weight is 287 g/mol. The van der Waals surface area contributed by atoms with Gasteiger partial charge in [0.15, 0.2) is 0 Å². The van der Waals surface area contributed by atoms with Gasteiger partial charge in [-0.2, -0.15) is 0 Å². The average Bonchev–Trinajstić information content (AvgIpc) is 2.45. The lowest BCUT2D eigenvalue weighted by atomic mass is 10.1. The van der Waals surface area contributed by atoms with E-state index in [0.717, 1.165) is 5.56 Å². The van der Waals surface area contributed by atoms with Crippen molar-refractivity contribution in [2.24, 2.45) is 5.73 Å². The zero-order valence-corrected chi connectivity index (χ0v) is 11.4. The van der Waals surface area contributed by atoms with Gasteiger partial charge in [0.1, 0.15) is 5.84 Å². The Balaban J connectivity index is 2.22. The van der Waals surface area contributed by atoms with Gasteiger partial charge in [-0.05, 0) is 11.6 Å². The van der Waals surface area contributed by atoms with Crippen LogP contribution in [0.3, 0.4) is 0 Å². The lowest BCUT2D eigenvalue weighted by molar-refractivity contribution is -0.387.